The number of benzene rings is 1. The quantitative estimate of drug-likeness (QED) is 0.929. The number of halogens is 3. The molecule has 108 valence electrons. The topological polar surface area (TPSA) is 38.9 Å². The van der Waals surface area contributed by atoms with Gasteiger partial charge < -0.3 is 5.73 Å². The van der Waals surface area contributed by atoms with Gasteiger partial charge >= 0.3 is 6.18 Å². The summed E-state index contributed by atoms with van der Waals surface area (Å²) in [7, 11) is 0. The molecule has 2 N–H and O–H groups in total. The molecule has 0 aliphatic heterocycles. The molecule has 2 nitrogen and oxygen atoms in total. The molecule has 0 aliphatic rings. The highest BCUT2D eigenvalue weighted by Gasteiger charge is 2.30. The average Bonchev–Trinajstić information content (AvgIpc) is 2.68. The summed E-state index contributed by atoms with van der Waals surface area (Å²) in [5.41, 5.74) is 7.16. The summed E-state index contributed by atoms with van der Waals surface area (Å²) in [6.07, 6.45) is -3.80. The molecule has 0 saturated heterocycles. The van der Waals surface area contributed by atoms with Crippen LogP contribution in [0.2, 0.25) is 0 Å². The zero-order valence-electron chi connectivity index (χ0n) is 11.2. The second-order valence-corrected chi connectivity index (χ2v) is 5.92. The fraction of sp³-hybridized carbons (Fsp3) is 0.357. The predicted octanol–water partition coefficient (Wildman–Crippen LogP) is 4.02. The second kappa shape index (κ2) is 5.54. The van der Waals surface area contributed by atoms with E-state index in [1.807, 2.05) is 13.8 Å². The zero-order valence-corrected chi connectivity index (χ0v) is 12.0. The number of alkyl halides is 3. The van der Waals surface area contributed by atoms with Crippen molar-refractivity contribution in [3.63, 3.8) is 0 Å². The first kappa shape index (κ1) is 15.0. The molecular weight excluding hydrogens is 285 g/mol. The maximum absolute atomic E-state index is 12.5. The number of nitrogens with two attached hydrogens (primary N) is 1. The van der Waals surface area contributed by atoms with E-state index in [4.69, 9.17) is 5.73 Å². The molecule has 6 heteroatoms. The van der Waals surface area contributed by atoms with Crippen LogP contribution in [0.25, 0.3) is 0 Å². The van der Waals surface area contributed by atoms with E-state index in [9.17, 15) is 13.2 Å². The molecule has 1 heterocycles. The highest BCUT2D eigenvalue weighted by Crippen LogP contribution is 2.30. The van der Waals surface area contributed by atoms with Crippen LogP contribution in [-0.4, -0.2) is 4.98 Å². The van der Waals surface area contributed by atoms with E-state index in [2.05, 4.69) is 4.98 Å². The Morgan fingerprint density at radius 3 is 2.25 bits per heavy atom. The van der Waals surface area contributed by atoms with Gasteiger partial charge in [-0.15, -0.1) is 11.3 Å². The summed E-state index contributed by atoms with van der Waals surface area (Å²) >= 11 is 1.53. The summed E-state index contributed by atoms with van der Waals surface area (Å²) < 4.78 is 37.4. The molecule has 0 spiro atoms. The average molecular weight is 300 g/mol. The molecule has 0 amide bonds. The Balaban J connectivity index is 2.12. The summed E-state index contributed by atoms with van der Waals surface area (Å²) in [6.45, 7) is 3.80. The van der Waals surface area contributed by atoms with Crippen LogP contribution in [0, 0.1) is 13.8 Å². The van der Waals surface area contributed by atoms with Crippen LogP contribution in [-0.2, 0) is 12.6 Å². The van der Waals surface area contributed by atoms with Crippen LogP contribution in [0.4, 0.5) is 13.2 Å². The van der Waals surface area contributed by atoms with Crippen molar-refractivity contribution < 1.29 is 13.2 Å². The molecule has 0 radical (unpaired) electrons. The van der Waals surface area contributed by atoms with Crippen molar-refractivity contribution in [3.05, 3.63) is 51.0 Å². The largest absolute Gasteiger partial charge is 0.416 e. The summed E-state index contributed by atoms with van der Waals surface area (Å²) in [6, 6.07) is 4.90. The van der Waals surface area contributed by atoms with E-state index < -0.39 is 11.7 Å². The standard InChI is InChI=1S/C14H15F3N2S/c1-8-13(20-9(2)19-8)12(18)7-10-3-5-11(6-4-10)14(15,16)17/h3-6,12H,7,18H2,1-2H3. The van der Waals surface area contributed by atoms with Gasteiger partial charge in [-0.1, -0.05) is 12.1 Å². The molecule has 20 heavy (non-hydrogen) atoms. The molecule has 1 aromatic carbocycles. The molecule has 1 aromatic heterocycles. The van der Waals surface area contributed by atoms with Crippen LogP contribution in [0.15, 0.2) is 24.3 Å². The number of hydrogen-bond acceptors (Lipinski definition) is 3. The minimum atomic E-state index is -4.30. The third-order valence-electron chi connectivity index (χ3n) is 3.01. The molecule has 0 aliphatic carbocycles. The van der Waals surface area contributed by atoms with E-state index >= 15 is 0 Å². The van der Waals surface area contributed by atoms with Gasteiger partial charge in [-0.25, -0.2) is 4.98 Å². The van der Waals surface area contributed by atoms with E-state index in [1.165, 1.54) is 23.5 Å². The first-order valence-corrected chi connectivity index (χ1v) is 6.94. The summed E-state index contributed by atoms with van der Waals surface area (Å²) in [5, 5.41) is 0.945. The van der Waals surface area contributed by atoms with Crippen LogP contribution in [0.1, 0.15) is 32.7 Å². The van der Waals surface area contributed by atoms with E-state index in [0.717, 1.165) is 33.3 Å². The minimum Gasteiger partial charge on any atom is -0.323 e. The van der Waals surface area contributed by atoms with Crippen molar-refractivity contribution in [2.75, 3.05) is 0 Å². The Kier molecular flexibility index (Phi) is 4.15. The molecule has 1 atom stereocenters. The first-order valence-electron chi connectivity index (χ1n) is 6.13. The van der Waals surface area contributed by atoms with Crippen LogP contribution < -0.4 is 5.73 Å². The number of rotatable bonds is 3. The van der Waals surface area contributed by atoms with Gasteiger partial charge in [0.15, 0.2) is 0 Å². The van der Waals surface area contributed by atoms with Crippen LogP contribution in [0.5, 0.6) is 0 Å². The molecule has 0 fully saturated rings. The number of hydrogen-bond donors (Lipinski definition) is 1. The lowest BCUT2D eigenvalue weighted by atomic mass is 10.0. The molecular formula is C14H15F3N2S. The number of thiazole rings is 1. The van der Waals surface area contributed by atoms with Gasteiger partial charge in [0, 0.05) is 10.9 Å². The Labute approximate surface area is 119 Å². The summed E-state index contributed by atoms with van der Waals surface area (Å²) in [5.74, 6) is 0. The predicted molar refractivity (Wildman–Crippen MR) is 73.7 cm³/mol. The van der Waals surface area contributed by atoms with Gasteiger partial charge in [0.2, 0.25) is 0 Å². The first-order chi connectivity index (χ1) is 9.27. The van der Waals surface area contributed by atoms with Gasteiger partial charge in [-0.2, -0.15) is 13.2 Å². The Hall–Kier alpha value is -1.40. The monoisotopic (exact) mass is 300 g/mol. The summed E-state index contributed by atoms with van der Waals surface area (Å²) in [4.78, 5) is 5.30. The maximum atomic E-state index is 12.5. The normalized spacial score (nSPS) is 13.5. The van der Waals surface area contributed by atoms with E-state index in [0.29, 0.717) is 6.42 Å². The zero-order chi connectivity index (χ0) is 14.9. The maximum Gasteiger partial charge on any atom is 0.416 e. The van der Waals surface area contributed by atoms with Crippen LogP contribution in [0.3, 0.4) is 0 Å². The Bertz CT molecular complexity index is 587. The number of aryl methyl sites for hydroxylation is 2. The second-order valence-electron chi connectivity index (χ2n) is 4.69. The third-order valence-corrected chi connectivity index (χ3v) is 4.22. The minimum absolute atomic E-state index is 0.238. The van der Waals surface area contributed by atoms with Gasteiger partial charge in [0.1, 0.15) is 0 Å². The van der Waals surface area contributed by atoms with Crippen molar-refractivity contribution in [2.24, 2.45) is 5.73 Å². The smallest absolute Gasteiger partial charge is 0.323 e. The Morgan fingerprint density at radius 1 is 1.20 bits per heavy atom. The third kappa shape index (κ3) is 3.37. The van der Waals surface area contributed by atoms with Gasteiger partial charge in [-0.05, 0) is 38.0 Å². The number of nitrogens with zero attached hydrogens (tertiary/aromatic N) is 1. The van der Waals surface area contributed by atoms with Gasteiger partial charge in [0.25, 0.3) is 0 Å². The van der Waals surface area contributed by atoms with Crippen LogP contribution >= 0.6 is 11.3 Å². The molecule has 2 aromatic rings. The molecule has 2 rings (SSSR count). The lowest BCUT2D eigenvalue weighted by molar-refractivity contribution is -0.137. The van der Waals surface area contributed by atoms with Crippen molar-refractivity contribution in [1.82, 2.24) is 4.98 Å². The highest BCUT2D eigenvalue weighted by atomic mass is 32.1. The lowest BCUT2D eigenvalue weighted by Crippen LogP contribution is -2.13. The van der Waals surface area contributed by atoms with Crippen molar-refractivity contribution >= 4 is 11.3 Å². The fourth-order valence-corrected chi connectivity index (χ4v) is 3.00. The van der Waals surface area contributed by atoms with E-state index in [1.54, 1.807) is 0 Å². The van der Waals surface area contributed by atoms with Gasteiger partial charge in [0.05, 0.1) is 16.3 Å². The molecule has 0 saturated carbocycles. The fourth-order valence-electron chi connectivity index (χ4n) is 2.07. The van der Waals surface area contributed by atoms with E-state index in [-0.39, 0.29) is 6.04 Å². The Morgan fingerprint density at radius 2 is 1.80 bits per heavy atom. The van der Waals surface area contributed by atoms with Crippen molar-refractivity contribution in [3.8, 4) is 0 Å². The molecule has 1 unspecified atom stereocenters. The SMILES string of the molecule is Cc1nc(C)c(C(N)Cc2ccc(C(F)(F)F)cc2)s1. The number of aromatic nitrogens is 1. The van der Waals surface area contributed by atoms with Crippen molar-refractivity contribution in [2.45, 2.75) is 32.5 Å². The highest BCUT2D eigenvalue weighted by molar-refractivity contribution is 7.11. The molecule has 0 bridgehead atoms. The van der Waals surface area contributed by atoms with Crippen molar-refractivity contribution in [1.29, 1.82) is 0 Å². The van der Waals surface area contributed by atoms with Gasteiger partial charge in [-0.3, -0.25) is 0 Å². The lowest BCUT2D eigenvalue weighted by Gasteiger charge is -2.12.